The molecule has 3 fully saturated rings. The summed E-state index contributed by atoms with van der Waals surface area (Å²) in [6, 6.07) is 15.7. The summed E-state index contributed by atoms with van der Waals surface area (Å²) in [7, 11) is 1.58. The van der Waals surface area contributed by atoms with E-state index in [9.17, 15) is 19.5 Å². The van der Waals surface area contributed by atoms with Crippen LogP contribution in [0, 0.1) is 11.8 Å². The minimum atomic E-state index is -0.680. The van der Waals surface area contributed by atoms with Crippen molar-refractivity contribution in [2.45, 2.75) is 41.7 Å². The minimum Gasteiger partial charge on any atom is -0.497 e. The zero-order valence-corrected chi connectivity index (χ0v) is 21.0. The Hall–Kier alpha value is -3.04. The lowest BCUT2D eigenvalue weighted by Crippen LogP contribution is -2.51. The number of amides is 3. The second-order valence-electron chi connectivity index (χ2n) is 9.59. The molecule has 0 aliphatic carbocycles. The molecular weight excluding hydrogens is 478 g/mol. The van der Waals surface area contributed by atoms with Gasteiger partial charge < -0.3 is 25.4 Å². The molecule has 9 heteroatoms. The Morgan fingerprint density at radius 3 is 2.44 bits per heavy atom. The van der Waals surface area contributed by atoms with Crippen LogP contribution in [-0.4, -0.2) is 64.0 Å². The zero-order valence-electron chi connectivity index (χ0n) is 20.2. The highest BCUT2D eigenvalue weighted by Gasteiger charge is 2.73. The van der Waals surface area contributed by atoms with Crippen molar-refractivity contribution in [1.29, 1.82) is 0 Å². The molecule has 3 amide bonds. The Bertz CT molecular complexity index is 1130. The first-order valence-electron chi connectivity index (χ1n) is 12.4. The van der Waals surface area contributed by atoms with Crippen molar-refractivity contribution >= 4 is 40.9 Å². The number of ether oxygens (including phenoxy) is 1. The van der Waals surface area contributed by atoms with E-state index < -0.39 is 22.6 Å². The van der Waals surface area contributed by atoms with Crippen molar-refractivity contribution in [2.24, 2.45) is 11.8 Å². The molecule has 36 heavy (non-hydrogen) atoms. The van der Waals surface area contributed by atoms with Crippen LogP contribution < -0.4 is 15.4 Å². The highest BCUT2D eigenvalue weighted by Crippen LogP contribution is 2.66. The van der Waals surface area contributed by atoms with Crippen LogP contribution in [0.5, 0.6) is 5.75 Å². The zero-order chi connectivity index (χ0) is 25.3. The van der Waals surface area contributed by atoms with E-state index in [0.717, 1.165) is 6.42 Å². The first kappa shape index (κ1) is 24.6. The summed E-state index contributed by atoms with van der Waals surface area (Å²) in [6.45, 7) is 0.398. The van der Waals surface area contributed by atoms with E-state index in [1.54, 1.807) is 48.0 Å². The molecule has 190 valence electrons. The SMILES string of the molecule is COc1ccc(NC(=O)C2N(CCCCO)C(=O)[C@@H]3[C@H](C(=O)Nc4ccccc4)[C@@H]4CCC23S4)cc1. The van der Waals surface area contributed by atoms with E-state index in [0.29, 0.717) is 42.9 Å². The molecular formula is C27H31N3O5S. The monoisotopic (exact) mass is 509 g/mol. The fraction of sp³-hybridized carbons (Fsp3) is 0.444. The first-order valence-corrected chi connectivity index (χ1v) is 13.3. The Balaban J connectivity index is 1.43. The summed E-state index contributed by atoms with van der Waals surface area (Å²) in [6.07, 6.45) is 2.64. The Morgan fingerprint density at radius 1 is 1.06 bits per heavy atom. The second-order valence-corrected chi connectivity index (χ2v) is 11.2. The summed E-state index contributed by atoms with van der Waals surface area (Å²) in [5.41, 5.74) is 1.32. The number of nitrogens with one attached hydrogen (secondary N) is 2. The van der Waals surface area contributed by atoms with Gasteiger partial charge in [0.25, 0.3) is 0 Å². The van der Waals surface area contributed by atoms with Crippen LogP contribution in [0.1, 0.15) is 25.7 Å². The number of rotatable bonds is 9. The number of carbonyl (C=O) groups excluding carboxylic acids is 3. The van der Waals surface area contributed by atoms with Gasteiger partial charge in [-0.2, -0.15) is 0 Å². The number of likely N-dealkylation sites (tertiary alicyclic amines) is 1. The molecule has 0 aromatic heterocycles. The molecule has 8 nitrogen and oxygen atoms in total. The number of nitrogens with zero attached hydrogens (tertiary/aromatic N) is 1. The van der Waals surface area contributed by atoms with Crippen LogP contribution in [0.4, 0.5) is 11.4 Å². The molecule has 5 atom stereocenters. The summed E-state index contributed by atoms with van der Waals surface area (Å²) in [4.78, 5) is 42.7. The number of unbranched alkanes of at least 4 members (excludes halogenated alkanes) is 1. The summed E-state index contributed by atoms with van der Waals surface area (Å²) < 4.78 is 4.56. The molecule has 5 rings (SSSR count). The van der Waals surface area contributed by atoms with Gasteiger partial charge in [0.1, 0.15) is 11.8 Å². The lowest BCUT2D eigenvalue weighted by atomic mass is 9.70. The van der Waals surface area contributed by atoms with Gasteiger partial charge in [0.05, 0.1) is 23.7 Å². The van der Waals surface area contributed by atoms with Crippen molar-refractivity contribution in [3.05, 3.63) is 54.6 Å². The van der Waals surface area contributed by atoms with Gasteiger partial charge in [-0.05, 0) is 62.1 Å². The van der Waals surface area contributed by atoms with Crippen molar-refractivity contribution in [3.8, 4) is 5.75 Å². The fourth-order valence-corrected chi connectivity index (χ4v) is 8.24. The molecule has 0 radical (unpaired) electrons. The summed E-state index contributed by atoms with van der Waals surface area (Å²) in [5.74, 6) is -0.889. The number of carbonyl (C=O) groups is 3. The number of aliphatic hydroxyl groups excluding tert-OH is 1. The quantitative estimate of drug-likeness (QED) is 0.449. The van der Waals surface area contributed by atoms with Gasteiger partial charge in [0.2, 0.25) is 17.7 Å². The average Bonchev–Trinajstić information content (AvgIpc) is 3.53. The third-order valence-electron chi connectivity index (χ3n) is 7.56. The number of hydrogen-bond donors (Lipinski definition) is 3. The number of methoxy groups -OCH3 is 1. The molecule has 3 aliphatic heterocycles. The number of fused-ring (bicyclic) bond motifs is 1. The van der Waals surface area contributed by atoms with E-state index in [-0.39, 0.29) is 29.6 Å². The van der Waals surface area contributed by atoms with Crippen LogP contribution in [0.3, 0.4) is 0 Å². The highest BCUT2D eigenvalue weighted by molar-refractivity contribution is 8.02. The Morgan fingerprint density at radius 2 is 1.75 bits per heavy atom. The molecule has 3 aliphatic rings. The van der Waals surface area contributed by atoms with Crippen LogP contribution in [0.2, 0.25) is 0 Å². The van der Waals surface area contributed by atoms with Gasteiger partial charge in [-0.3, -0.25) is 14.4 Å². The lowest BCUT2D eigenvalue weighted by molar-refractivity contribution is -0.138. The molecule has 2 aromatic rings. The van der Waals surface area contributed by atoms with Crippen molar-refractivity contribution in [1.82, 2.24) is 4.90 Å². The molecule has 2 aromatic carbocycles. The standard InChI is InChI=1S/C27H31N3O5S/c1-35-19-11-9-18(10-12-19)29-25(33)23-27-14-13-20(36-27)21(24(32)28-17-7-3-2-4-8-17)22(27)26(34)30(23)15-5-6-16-31/h2-4,7-12,20-23,31H,5-6,13-16H2,1H3,(H,28,32)(H,29,33)/t20-,21+,22-,23?,27?/m0/s1. The number of para-hydroxylation sites is 1. The van der Waals surface area contributed by atoms with Gasteiger partial charge >= 0.3 is 0 Å². The van der Waals surface area contributed by atoms with E-state index in [4.69, 9.17) is 4.74 Å². The first-order chi connectivity index (χ1) is 17.5. The maximum absolute atomic E-state index is 13.9. The molecule has 3 heterocycles. The van der Waals surface area contributed by atoms with E-state index in [1.165, 1.54) is 0 Å². The van der Waals surface area contributed by atoms with E-state index >= 15 is 0 Å². The number of aliphatic hydroxyl groups is 1. The third kappa shape index (κ3) is 4.24. The fourth-order valence-electron chi connectivity index (χ4n) is 6.02. The smallest absolute Gasteiger partial charge is 0.248 e. The predicted molar refractivity (Wildman–Crippen MR) is 139 cm³/mol. The molecule has 0 saturated carbocycles. The topological polar surface area (TPSA) is 108 Å². The second kappa shape index (κ2) is 10.1. The molecule has 1 spiro atoms. The Kier molecular flexibility index (Phi) is 6.94. The van der Waals surface area contributed by atoms with Crippen molar-refractivity contribution < 1.29 is 24.2 Å². The van der Waals surface area contributed by atoms with Gasteiger partial charge in [0, 0.05) is 29.8 Å². The Labute approximate surface area is 214 Å². The minimum absolute atomic E-state index is 0.00135. The summed E-state index contributed by atoms with van der Waals surface area (Å²) >= 11 is 1.64. The largest absolute Gasteiger partial charge is 0.497 e. The average molecular weight is 510 g/mol. The van der Waals surface area contributed by atoms with Crippen LogP contribution in [0.15, 0.2) is 54.6 Å². The maximum atomic E-state index is 13.9. The third-order valence-corrected chi connectivity index (χ3v) is 9.51. The van der Waals surface area contributed by atoms with Crippen LogP contribution >= 0.6 is 11.8 Å². The number of benzene rings is 2. The van der Waals surface area contributed by atoms with Crippen molar-refractivity contribution in [3.63, 3.8) is 0 Å². The van der Waals surface area contributed by atoms with Gasteiger partial charge in [-0.25, -0.2) is 0 Å². The molecule has 2 unspecified atom stereocenters. The highest BCUT2D eigenvalue weighted by atomic mass is 32.2. The van der Waals surface area contributed by atoms with Crippen molar-refractivity contribution in [2.75, 3.05) is 30.9 Å². The van der Waals surface area contributed by atoms with Crippen LogP contribution in [-0.2, 0) is 14.4 Å². The van der Waals surface area contributed by atoms with E-state index in [1.807, 2.05) is 30.3 Å². The molecule has 2 bridgehead atoms. The number of thioether (sulfide) groups is 1. The summed E-state index contributed by atoms with van der Waals surface area (Å²) in [5, 5.41) is 15.3. The van der Waals surface area contributed by atoms with E-state index in [2.05, 4.69) is 10.6 Å². The maximum Gasteiger partial charge on any atom is 0.248 e. The molecule has 3 N–H and O–H groups in total. The lowest BCUT2D eigenvalue weighted by Gasteiger charge is -2.34. The van der Waals surface area contributed by atoms with Crippen LogP contribution in [0.25, 0.3) is 0 Å². The number of anilines is 2. The van der Waals surface area contributed by atoms with Gasteiger partial charge in [0.15, 0.2) is 0 Å². The normalized spacial score (nSPS) is 28.2. The molecule has 3 saturated heterocycles. The predicted octanol–water partition coefficient (Wildman–Crippen LogP) is 3.14. The van der Waals surface area contributed by atoms with Gasteiger partial charge in [-0.1, -0.05) is 18.2 Å². The number of hydrogen-bond acceptors (Lipinski definition) is 6. The van der Waals surface area contributed by atoms with Gasteiger partial charge in [-0.15, -0.1) is 11.8 Å².